The summed E-state index contributed by atoms with van der Waals surface area (Å²) in [5.74, 6) is 0. The van der Waals surface area contributed by atoms with Gasteiger partial charge in [0, 0.05) is 19.2 Å². The van der Waals surface area contributed by atoms with Crippen LogP contribution < -0.4 is 5.32 Å². The van der Waals surface area contributed by atoms with Crippen LogP contribution in [0.25, 0.3) is 0 Å². The lowest BCUT2D eigenvalue weighted by molar-refractivity contribution is 0.107. The summed E-state index contributed by atoms with van der Waals surface area (Å²) < 4.78 is 4.98. The van der Waals surface area contributed by atoms with E-state index in [9.17, 15) is 5.11 Å². The van der Waals surface area contributed by atoms with Crippen LogP contribution in [0.2, 0.25) is 0 Å². The van der Waals surface area contributed by atoms with Crippen molar-refractivity contribution in [1.82, 2.24) is 5.32 Å². The highest BCUT2D eigenvalue weighted by molar-refractivity contribution is 4.89. The maximum absolute atomic E-state index is 9.34. The van der Waals surface area contributed by atoms with Crippen molar-refractivity contribution in [3.63, 3.8) is 0 Å². The van der Waals surface area contributed by atoms with Crippen LogP contribution in [0, 0.1) is 0 Å². The Hall–Kier alpha value is -0.120. The molecule has 0 aliphatic heterocycles. The fourth-order valence-corrected chi connectivity index (χ4v) is 2.04. The maximum atomic E-state index is 9.34. The Bertz CT molecular complexity index is 133. The Labute approximate surface area is 80.5 Å². The van der Waals surface area contributed by atoms with Gasteiger partial charge in [-0.25, -0.2) is 0 Å². The molecule has 3 nitrogen and oxygen atoms in total. The topological polar surface area (TPSA) is 41.5 Å². The molecule has 1 rings (SSSR count). The van der Waals surface area contributed by atoms with E-state index in [0.717, 1.165) is 26.0 Å². The van der Waals surface area contributed by atoms with Crippen LogP contribution >= 0.6 is 0 Å². The largest absolute Gasteiger partial charge is 0.394 e. The molecule has 0 saturated heterocycles. The lowest BCUT2D eigenvalue weighted by Crippen LogP contribution is -2.50. The molecule has 0 amide bonds. The molecule has 0 radical (unpaired) electrons. The highest BCUT2D eigenvalue weighted by atomic mass is 16.5. The fourth-order valence-electron chi connectivity index (χ4n) is 2.04. The summed E-state index contributed by atoms with van der Waals surface area (Å²) in [6.07, 6.45) is 6.00. The molecule has 0 unspecified atom stereocenters. The Morgan fingerprint density at radius 3 is 2.54 bits per heavy atom. The number of nitrogens with one attached hydrogen (secondary N) is 1. The Morgan fingerprint density at radius 2 is 2.00 bits per heavy atom. The van der Waals surface area contributed by atoms with Crippen LogP contribution in [-0.4, -0.2) is 37.5 Å². The van der Waals surface area contributed by atoms with Crippen LogP contribution in [0.15, 0.2) is 0 Å². The molecule has 1 aliphatic carbocycles. The quantitative estimate of drug-likeness (QED) is 0.629. The minimum Gasteiger partial charge on any atom is -0.394 e. The zero-order valence-corrected chi connectivity index (χ0v) is 8.51. The summed E-state index contributed by atoms with van der Waals surface area (Å²) in [4.78, 5) is 0. The van der Waals surface area contributed by atoms with Crippen molar-refractivity contribution >= 4 is 0 Å². The first kappa shape index (κ1) is 11.0. The number of hydrogen-bond donors (Lipinski definition) is 2. The molecule has 0 aromatic rings. The first-order chi connectivity index (χ1) is 6.33. The smallest absolute Gasteiger partial charge is 0.0613 e. The minimum atomic E-state index is -0.00319. The zero-order chi connectivity index (χ0) is 9.57. The van der Waals surface area contributed by atoms with E-state index in [1.807, 2.05) is 0 Å². The Balaban J connectivity index is 2.29. The SMILES string of the molecule is COCCNC1(CO)CCCCC1. The second-order valence-electron chi connectivity index (χ2n) is 3.92. The molecule has 0 aromatic carbocycles. The normalized spacial score (nSPS) is 21.7. The molecular weight excluding hydrogens is 166 g/mol. The number of aliphatic hydroxyl groups excluding tert-OH is 1. The standard InChI is InChI=1S/C10H21NO2/c1-13-8-7-11-10(9-12)5-3-2-4-6-10/h11-12H,2-9H2,1H3. The van der Waals surface area contributed by atoms with Crippen LogP contribution in [0.3, 0.4) is 0 Å². The molecule has 0 spiro atoms. The molecule has 13 heavy (non-hydrogen) atoms. The summed E-state index contributed by atoms with van der Waals surface area (Å²) in [6.45, 7) is 1.83. The minimum absolute atomic E-state index is 0.00319. The third kappa shape index (κ3) is 3.25. The number of ether oxygens (including phenoxy) is 1. The molecule has 3 heteroatoms. The Kier molecular flexibility index (Phi) is 4.70. The summed E-state index contributed by atoms with van der Waals surface area (Å²) in [6, 6.07) is 0. The van der Waals surface area contributed by atoms with Gasteiger partial charge in [-0.1, -0.05) is 19.3 Å². The Morgan fingerprint density at radius 1 is 1.31 bits per heavy atom. The number of hydrogen-bond acceptors (Lipinski definition) is 3. The number of aliphatic hydroxyl groups is 1. The highest BCUT2D eigenvalue weighted by Gasteiger charge is 2.30. The van der Waals surface area contributed by atoms with E-state index in [4.69, 9.17) is 4.74 Å². The monoisotopic (exact) mass is 187 g/mol. The first-order valence-corrected chi connectivity index (χ1v) is 5.18. The highest BCUT2D eigenvalue weighted by Crippen LogP contribution is 2.27. The molecule has 0 heterocycles. The van der Waals surface area contributed by atoms with E-state index in [0.29, 0.717) is 0 Å². The van der Waals surface area contributed by atoms with Crippen molar-refractivity contribution in [1.29, 1.82) is 0 Å². The van der Waals surface area contributed by atoms with Gasteiger partial charge in [0.05, 0.1) is 13.2 Å². The van der Waals surface area contributed by atoms with Gasteiger partial charge in [0.15, 0.2) is 0 Å². The predicted molar refractivity (Wildman–Crippen MR) is 52.8 cm³/mol. The molecule has 1 fully saturated rings. The van der Waals surface area contributed by atoms with E-state index in [1.165, 1.54) is 19.3 Å². The first-order valence-electron chi connectivity index (χ1n) is 5.18. The third-order valence-electron chi connectivity index (χ3n) is 2.92. The van der Waals surface area contributed by atoms with Gasteiger partial charge >= 0.3 is 0 Å². The third-order valence-corrected chi connectivity index (χ3v) is 2.92. The average molecular weight is 187 g/mol. The molecule has 0 atom stereocenters. The van der Waals surface area contributed by atoms with Crippen molar-refractivity contribution in [2.24, 2.45) is 0 Å². The van der Waals surface area contributed by atoms with Crippen molar-refractivity contribution in [3.8, 4) is 0 Å². The van der Waals surface area contributed by atoms with Gasteiger partial charge in [-0.05, 0) is 12.8 Å². The van der Waals surface area contributed by atoms with Gasteiger partial charge in [-0.3, -0.25) is 0 Å². The summed E-state index contributed by atoms with van der Waals surface area (Å²) in [7, 11) is 1.70. The van der Waals surface area contributed by atoms with Gasteiger partial charge in [-0.2, -0.15) is 0 Å². The lowest BCUT2D eigenvalue weighted by Gasteiger charge is -2.36. The second-order valence-corrected chi connectivity index (χ2v) is 3.92. The van der Waals surface area contributed by atoms with E-state index < -0.39 is 0 Å². The van der Waals surface area contributed by atoms with Gasteiger partial charge < -0.3 is 15.2 Å². The van der Waals surface area contributed by atoms with Crippen molar-refractivity contribution in [2.75, 3.05) is 26.9 Å². The molecule has 1 saturated carbocycles. The van der Waals surface area contributed by atoms with Crippen LogP contribution in [0.4, 0.5) is 0 Å². The maximum Gasteiger partial charge on any atom is 0.0613 e. The summed E-state index contributed by atoms with van der Waals surface area (Å²) in [5.41, 5.74) is -0.00319. The van der Waals surface area contributed by atoms with E-state index >= 15 is 0 Å². The predicted octanol–water partition coefficient (Wildman–Crippen LogP) is 0.918. The lowest BCUT2D eigenvalue weighted by atomic mass is 9.82. The van der Waals surface area contributed by atoms with E-state index in [1.54, 1.807) is 7.11 Å². The summed E-state index contributed by atoms with van der Waals surface area (Å²) >= 11 is 0. The number of rotatable bonds is 5. The van der Waals surface area contributed by atoms with E-state index in [-0.39, 0.29) is 12.1 Å². The van der Waals surface area contributed by atoms with Crippen molar-refractivity contribution in [3.05, 3.63) is 0 Å². The van der Waals surface area contributed by atoms with Crippen LogP contribution in [0.5, 0.6) is 0 Å². The number of methoxy groups -OCH3 is 1. The van der Waals surface area contributed by atoms with Crippen LogP contribution in [0.1, 0.15) is 32.1 Å². The fraction of sp³-hybridized carbons (Fsp3) is 1.00. The molecule has 78 valence electrons. The van der Waals surface area contributed by atoms with Gasteiger partial charge in [0.2, 0.25) is 0 Å². The second kappa shape index (κ2) is 5.58. The van der Waals surface area contributed by atoms with Crippen molar-refractivity contribution in [2.45, 2.75) is 37.6 Å². The van der Waals surface area contributed by atoms with E-state index in [2.05, 4.69) is 5.32 Å². The van der Waals surface area contributed by atoms with Crippen LogP contribution in [-0.2, 0) is 4.74 Å². The molecular formula is C10H21NO2. The molecule has 1 aliphatic rings. The van der Waals surface area contributed by atoms with Gasteiger partial charge in [0.25, 0.3) is 0 Å². The summed E-state index contributed by atoms with van der Waals surface area (Å²) in [5, 5.41) is 12.7. The molecule has 0 aromatic heterocycles. The molecule has 0 bridgehead atoms. The zero-order valence-electron chi connectivity index (χ0n) is 8.51. The van der Waals surface area contributed by atoms with Gasteiger partial charge in [-0.15, -0.1) is 0 Å². The molecule has 2 N–H and O–H groups in total. The average Bonchev–Trinajstić information content (AvgIpc) is 2.20. The van der Waals surface area contributed by atoms with Crippen molar-refractivity contribution < 1.29 is 9.84 Å². The van der Waals surface area contributed by atoms with Gasteiger partial charge in [0.1, 0.15) is 0 Å².